The largest absolute Gasteiger partial charge is 0.356 e. The van der Waals surface area contributed by atoms with Crippen molar-refractivity contribution in [3.63, 3.8) is 0 Å². The van der Waals surface area contributed by atoms with Crippen molar-refractivity contribution in [3.05, 3.63) is 54.2 Å². The molecule has 126 valence electrons. The minimum absolute atomic E-state index is 0.118. The highest BCUT2D eigenvalue weighted by Gasteiger charge is 2.18. The molecule has 1 N–H and O–H groups in total. The van der Waals surface area contributed by atoms with Crippen LogP contribution in [0.15, 0.2) is 57.9 Å². The van der Waals surface area contributed by atoms with Gasteiger partial charge in [-0.1, -0.05) is 17.3 Å². The molecule has 0 aliphatic rings. The van der Waals surface area contributed by atoms with Crippen LogP contribution >= 0.6 is 0 Å². The van der Waals surface area contributed by atoms with E-state index < -0.39 is 19.9 Å². The molecule has 1 heterocycles. The Hall–Kier alpha value is -2.39. The van der Waals surface area contributed by atoms with Gasteiger partial charge < -0.3 is 4.52 Å². The van der Waals surface area contributed by atoms with Crippen LogP contribution in [0.5, 0.6) is 0 Å². The van der Waals surface area contributed by atoms with Crippen molar-refractivity contribution in [2.45, 2.75) is 10.6 Å². The molecule has 0 aliphatic heterocycles. The van der Waals surface area contributed by atoms with E-state index in [9.17, 15) is 16.8 Å². The van der Waals surface area contributed by atoms with Crippen molar-refractivity contribution < 1.29 is 21.4 Å². The lowest BCUT2D eigenvalue weighted by atomic mass is 10.2. The molecule has 0 unspecified atom stereocenters. The van der Waals surface area contributed by atoms with Crippen LogP contribution in [0.3, 0.4) is 0 Å². The predicted octanol–water partition coefficient (Wildman–Crippen LogP) is 2.17. The number of aromatic nitrogens is 1. The van der Waals surface area contributed by atoms with E-state index in [4.69, 9.17) is 4.52 Å². The summed E-state index contributed by atoms with van der Waals surface area (Å²) < 4.78 is 54.9. The zero-order valence-electron chi connectivity index (χ0n) is 12.6. The Bertz CT molecular complexity index is 1080. The lowest BCUT2D eigenvalue weighted by Crippen LogP contribution is -2.15. The molecule has 3 rings (SSSR count). The van der Waals surface area contributed by atoms with E-state index in [1.54, 1.807) is 24.3 Å². The Morgan fingerprint density at radius 2 is 1.67 bits per heavy atom. The van der Waals surface area contributed by atoms with Gasteiger partial charge in [0.05, 0.1) is 4.90 Å². The second-order valence-electron chi connectivity index (χ2n) is 5.28. The van der Waals surface area contributed by atoms with Gasteiger partial charge in [-0.25, -0.2) is 16.8 Å². The van der Waals surface area contributed by atoms with E-state index in [2.05, 4.69) is 9.88 Å². The SMILES string of the molecule is CS(=O)(=O)c1ccc(NS(=O)(=O)Cc2noc3ccccc23)cc1. The third-order valence-corrected chi connectivity index (χ3v) is 5.66. The van der Waals surface area contributed by atoms with Crippen molar-refractivity contribution in [1.29, 1.82) is 0 Å². The van der Waals surface area contributed by atoms with Gasteiger partial charge in [-0.2, -0.15) is 0 Å². The minimum atomic E-state index is -3.72. The number of rotatable bonds is 5. The summed E-state index contributed by atoms with van der Waals surface area (Å²) in [5.41, 5.74) is 1.10. The van der Waals surface area contributed by atoms with E-state index in [0.29, 0.717) is 16.7 Å². The van der Waals surface area contributed by atoms with E-state index in [0.717, 1.165) is 6.26 Å². The Balaban J connectivity index is 1.81. The van der Waals surface area contributed by atoms with Gasteiger partial charge in [0.25, 0.3) is 0 Å². The molecule has 0 bridgehead atoms. The van der Waals surface area contributed by atoms with E-state index in [1.165, 1.54) is 24.3 Å². The fraction of sp³-hybridized carbons (Fsp3) is 0.133. The van der Waals surface area contributed by atoms with Crippen LogP contribution in [0.2, 0.25) is 0 Å². The fourth-order valence-electron chi connectivity index (χ4n) is 2.21. The summed E-state index contributed by atoms with van der Waals surface area (Å²) >= 11 is 0. The first-order chi connectivity index (χ1) is 11.2. The summed E-state index contributed by atoms with van der Waals surface area (Å²) in [5, 5.41) is 4.43. The number of sulfone groups is 1. The van der Waals surface area contributed by atoms with Crippen LogP contribution in [-0.4, -0.2) is 28.2 Å². The number of sulfonamides is 1. The third-order valence-electron chi connectivity index (χ3n) is 3.33. The highest BCUT2D eigenvalue weighted by atomic mass is 32.2. The highest BCUT2D eigenvalue weighted by Crippen LogP contribution is 2.21. The summed E-state index contributed by atoms with van der Waals surface area (Å²) in [5.74, 6) is -0.349. The molecular formula is C15H14N2O5S2. The van der Waals surface area contributed by atoms with Crippen LogP contribution in [0, 0.1) is 0 Å². The zero-order valence-corrected chi connectivity index (χ0v) is 14.3. The molecule has 24 heavy (non-hydrogen) atoms. The molecule has 9 heteroatoms. The van der Waals surface area contributed by atoms with E-state index in [1.807, 2.05) is 0 Å². The molecule has 0 atom stereocenters. The number of hydrogen-bond donors (Lipinski definition) is 1. The number of fused-ring (bicyclic) bond motifs is 1. The summed E-state index contributed by atoms with van der Waals surface area (Å²) in [4.78, 5) is 0.118. The second kappa shape index (κ2) is 5.91. The molecule has 7 nitrogen and oxygen atoms in total. The van der Waals surface area contributed by atoms with Crippen LogP contribution in [-0.2, 0) is 25.6 Å². The molecule has 0 aliphatic carbocycles. The van der Waals surface area contributed by atoms with Crippen LogP contribution in [0.25, 0.3) is 11.0 Å². The van der Waals surface area contributed by atoms with Crippen molar-refractivity contribution >= 4 is 36.5 Å². The molecule has 1 aromatic heterocycles. The lowest BCUT2D eigenvalue weighted by molar-refractivity contribution is 0.448. The van der Waals surface area contributed by atoms with Gasteiger partial charge in [0.2, 0.25) is 10.0 Å². The molecule has 0 fully saturated rings. The zero-order chi connectivity index (χ0) is 17.4. The highest BCUT2D eigenvalue weighted by molar-refractivity contribution is 7.92. The summed E-state index contributed by atoms with van der Waals surface area (Å²) in [7, 11) is -7.05. The molecule has 0 saturated heterocycles. The van der Waals surface area contributed by atoms with Crippen LogP contribution < -0.4 is 4.72 Å². The standard InChI is InChI=1S/C15H14N2O5S2/c1-23(18,19)12-8-6-11(7-9-12)17-24(20,21)10-14-13-4-2-3-5-15(13)22-16-14/h2-9,17H,10H2,1H3. The third kappa shape index (κ3) is 3.57. The Morgan fingerprint density at radius 3 is 2.33 bits per heavy atom. The van der Waals surface area contributed by atoms with E-state index >= 15 is 0 Å². The Morgan fingerprint density at radius 1 is 1.00 bits per heavy atom. The van der Waals surface area contributed by atoms with Gasteiger partial charge in [-0.3, -0.25) is 4.72 Å². The Kier molecular flexibility index (Phi) is 4.06. The normalized spacial score (nSPS) is 12.4. The average molecular weight is 366 g/mol. The first kappa shape index (κ1) is 16.5. The van der Waals surface area contributed by atoms with Crippen molar-refractivity contribution in [1.82, 2.24) is 5.16 Å². The number of benzene rings is 2. The van der Waals surface area contributed by atoms with Gasteiger partial charge in [0.1, 0.15) is 11.4 Å². The van der Waals surface area contributed by atoms with Gasteiger partial charge in [-0.15, -0.1) is 0 Å². The first-order valence-electron chi connectivity index (χ1n) is 6.88. The number of nitrogens with zero attached hydrogens (tertiary/aromatic N) is 1. The van der Waals surface area contributed by atoms with Crippen molar-refractivity contribution in [2.75, 3.05) is 11.0 Å². The summed E-state index contributed by atoms with van der Waals surface area (Å²) in [6, 6.07) is 12.5. The summed E-state index contributed by atoms with van der Waals surface area (Å²) in [6.45, 7) is 0. The lowest BCUT2D eigenvalue weighted by Gasteiger charge is -2.07. The van der Waals surface area contributed by atoms with Gasteiger partial charge in [0, 0.05) is 17.3 Å². The number of hydrogen-bond acceptors (Lipinski definition) is 6. The van der Waals surface area contributed by atoms with Crippen molar-refractivity contribution in [3.8, 4) is 0 Å². The van der Waals surface area contributed by atoms with Gasteiger partial charge in [0.15, 0.2) is 15.4 Å². The van der Waals surface area contributed by atoms with Crippen molar-refractivity contribution in [2.24, 2.45) is 0 Å². The van der Waals surface area contributed by atoms with Crippen LogP contribution in [0.1, 0.15) is 5.69 Å². The number of para-hydroxylation sites is 1. The maximum Gasteiger partial charge on any atom is 0.238 e. The smallest absolute Gasteiger partial charge is 0.238 e. The minimum Gasteiger partial charge on any atom is -0.356 e. The second-order valence-corrected chi connectivity index (χ2v) is 9.02. The fourth-order valence-corrected chi connectivity index (χ4v) is 3.97. The molecule has 0 spiro atoms. The topological polar surface area (TPSA) is 106 Å². The maximum atomic E-state index is 12.3. The quantitative estimate of drug-likeness (QED) is 0.742. The van der Waals surface area contributed by atoms with Gasteiger partial charge >= 0.3 is 0 Å². The molecule has 0 radical (unpaired) electrons. The molecule has 2 aromatic carbocycles. The van der Waals surface area contributed by atoms with Gasteiger partial charge in [-0.05, 0) is 36.4 Å². The monoisotopic (exact) mass is 366 g/mol. The number of anilines is 1. The Labute approximate surface area is 139 Å². The molecule has 0 saturated carbocycles. The summed E-state index contributed by atoms with van der Waals surface area (Å²) in [6.07, 6.45) is 1.09. The van der Waals surface area contributed by atoms with E-state index in [-0.39, 0.29) is 16.3 Å². The maximum absolute atomic E-state index is 12.3. The molecular weight excluding hydrogens is 352 g/mol. The van der Waals surface area contributed by atoms with Crippen LogP contribution in [0.4, 0.5) is 5.69 Å². The average Bonchev–Trinajstić information content (AvgIpc) is 2.89. The predicted molar refractivity (Wildman–Crippen MR) is 89.8 cm³/mol. The molecule has 0 amide bonds. The molecule has 3 aromatic rings. The number of nitrogens with one attached hydrogen (secondary N) is 1. The first-order valence-corrected chi connectivity index (χ1v) is 10.4.